The quantitative estimate of drug-likeness (QED) is 0.165. The Labute approximate surface area is 278 Å². The Kier molecular flexibility index (Phi) is 8.49. The molecule has 0 aliphatic rings. The molecular weight excluding hydrogens is 617 g/mol. The summed E-state index contributed by atoms with van der Waals surface area (Å²) in [5.41, 5.74) is 7.33. The highest BCUT2D eigenvalue weighted by Crippen LogP contribution is 2.35. The molecule has 7 aromatic carbocycles. The molecule has 0 aliphatic carbocycles. The van der Waals surface area contributed by atoms with Crippen molar-refractivity contribution in [3.05, 3.63) is 182 Å². The Bertz CT molecular complexity index is 2190. The Balaban J connectivity index is 1.31. The van der Waals surface area contributed by atoms with E-state index in [2.05, 4.69) is 6.07 Å². The van der Waals surface area contributed by atoms with Crippen molar-refractivity contribution in [2.75, 3.05) is 0 Å². The minimum Gasteiger partial charge on any atom is -0.249 e. The van der Waals surface area contributed by atoms with Crippen LogP contribution in [0.15, 0.2) is 202 Å². The normalized spacial score (nSPS) is 12.0. The van der Waals surface area contributed by atoms with E-state index in [-0.39, 0.29) is 9.79 Å². The molecule has 5 heteroatoms. The van der Waals surface area contributed by atoms with E-state index in [0.717, 1.165) is 44.5 Å². The Morgan fingerprint density at radius 1 is 0.319 bits per heavy atom. The van der Waals surface area contributed by atoms with Gasteiger partial charge in [0, 0.05) is 9.79 Å². The molecule has 0 amide bonds. The van der Waals surface area contributed by atoms with Crippen LogP contribution in [0.3, 0.4) is 0 Å². The second kappa shape index (κ2) is 13.2. The molecule has 7 aromatic rings. The molecule has 0 aromatic heterocycles. The molecule has 47 heavy (non-hydrogen) atoms. The molecule has 7 rings (SSSR count). The molecule has 1 atom stereocenters. The van der Waals surface area contributed by atoms with Crippen LogP contribution < -0.4 is 0 Å². The van der Waals surface area contributed by atoms with Gasteiger partial charge in [0.2, 0.25) is 9.84 Å². The first kappa shape index (κ1) is 30.3. The summed E-state index contributed by atoms with van der Waals surface area (Å²) in [7, 11) is -5.62. The van der Waals surface area contributed by atoms with Crippen molar-refractivity contribution in [1.82, 2.24) is 0 Å². The monoisotopic (exact) mass is 646 g/mol. The standard InChI is InChI=1S/C42H30O3S2/c43-46(40-26-35(31-14-5-1-6-15-31)24-36(27-40)32-16-7-2-8-17-32)39-22-13-23-41(30-39)47(44,45)42-28-37(33-18-9-3-10-19-33)25-38(29-42)34-20-11-4-12-21-34/h1-30H. The predicted octanol–water partition coefficient (Wildman–Crippen LogP) is 10.4. The summed E-state index contributed by atoms with van der Waals surface area (Å²) >= 11 is 0. The highest BCUT2D eigenvalue weighted by molar-refractivity contribution is 7.91. The smallest absolute Gasteiger partial charge is 0.206 e. The fraction of sp³-hybridized carbons (Fsp3) is 0. The average molecular weight is 647 g/mol. The second-order valence-corrected chi connectivity index (χ2v) is 14.6. The van der Waals surface area contributed by atoms with Crippen LogP contribution in [0, 0.1) is 0 Å². The summed E-state index contributed by atoms with van der Waals surface area (Å²) in [6.45, 7) is 0. The van der Waals surface area contributed by atoms with Crippen LogP contribution in [0.4, 0.5) is 0 Å². The summed E-state index contributed by atoms with van der Waals surface area (Å²) in [5, 5.41) is 0. The van der Waals surface area contributed by atoms with E-state index in [0.29, 0.717) is 9.79 Å². The number of benzene rings is 7. The number of hydrogen-bond acceptors (Lipinski definition) is 3. The molecule has 0 bridgehead atoms. The highest BCUT2D eigenvalue weighted by Gasteiger charge is 2.22. The summed E-state index contributed by atoms with van der Waals surface area (Å²) in [6, 6.07) is 57.3. The first-order valence-corrected chi connectivity index (χ1v) is 17.9. The maximum absolute atomic E-state index is 14.3. The van der Waals surface area contributed by atoms with E-state index >= 15 is 0 Å². The average Bonchev–Trinajstić information content (AvgIpc) is 3.15. The second-order valence-electron chi connectivity index (χ2n) is 11.2. The molecule has 0 aliphatic heterocycles. The van der Waals surface area contributed by atoms with Crippen LogP contribution in [0.1, 0.15) is 0 Å². The number of sulfone groups is 1. The van der Waals surface area contributed by atoms with Gasteiger partial charge in [0.25, 0.3) is 0 Å². The SMILES string of the molecule is O=S(c1cc(-c2ccccc2)cc(-c2ccccc2)c1)c1cccc(S(=O)(=O)c2cc(-c3ccccc3)cc(-c3ccccc3)c2)c1. The van der Waals surface area contributed by atoms with Gasteiger partial charge < -0.3 is 0 Å². The minimum atomic E-state index is -3.97. The van der Waals surface area contributed by atoms with E-state index in [1.54, 1.807) is 36.4 Å². The Hall–Kier alpha value is -5.36. The van der Waals surface area contributed by atoms with Gasteiger partial charge in [0.05, 0.1) is 20.6 Å². The summed E-state index contributed by atoms with van der Waals surface area (Å²) in [6.07, 6.45) is 0. The first-order valence-electron chi connectivity index (χ1n) is 15.2. The van der Waals surface area contributed by atoms with Gasteiger partial charge in [-0.05, 0) is 99.1 Å². The van der Waals surface area contributed by atoms with Gasteiger partial charge in [-0.2, -0.15) is 0 Å². The summed E-state index contributed by atoms with van der Waals surface area (Å²) in [4.78, 5) is 1.28. The van der Waals surface area contributed by atoms with E-state index in [9.17, 15) is 12.6 Å². The lowest BCUT2D eigenvalue weighted by Gasteiger charge is -2.13. The van der Waals surface area contributed by atoms with Crippen molar-refractivity contribution in [3.8, 4) is 44.5 Å². The molecule has 0 heterocycles. The van der Waals surface area contributed by atoms with Gasteiger partial charge in [-0.1, -0.05) is 127 Å². The molecule has 0 fully saturated rings. The topological polar surface area (TPSA) is 51.2 Å². The minimum absolute atomic E-state index is 0.0927. The first-order chi connectivity index (χ1) is 23.0. The molecule has 0 spiro atoms. The number of hydrogen-bond donors (Lipinski definition) is 0. The lowest BCUT2D eigenvalue weighted by Crippen LogP contribution is -2.04. The fourth-order valence-electron chi connectivity index (χ4n) is 5.68. The highest BCUT2D eigenvalue weighted by atomic mass is 32.2. The molecular formula is C42H30O3S2. The molecule has 0 N–H and O–H groups in total. The van der Waals surface area contributed by atoms with Gasteiger partial charge in [-0.3, -0.25) is 0 Å². The Morgan fingerprint density at radius 3 is 1.11 bits per heavy atom. The van der Waals surface area contributed by atoms with Crippen molar-refractivity contribution >= 4 is 20.6 Å². The van der Waals surface area contributed by atoms with Crippen LogP contribution in [0.5, 0.6) is 0 Å². The van der Waals surface area contributed by atoms with E-state index < -0.39 is 20.6 Å². The van der Waals surface area contributed by atoms with E-state index in [4.69, 9.17) is 0 Å². The molecule has 0 radical (unpaired) electrons. The number of rotatable bonds is 8. The molecule has 0 saturated heterocycles. The van der Waals surface area contributed by atoms with Crippen LogP contribution >= 0.6 is 0 Å². The van der Waals surface area contributed by atoms with E-state index in [1.807, 2.05) is 140 Å². The maximum Gasteiger partial charge on any atom is 0.206 e. The van der Waals surface area contributed by atoms with E-state index in [1.165, 1.54) is 0 Å². The summed E-state index contributed by atoms with van der Waals surface area (Å²) in [5.74, 6) is 0. The van der Waals surface area contributed by atoms with Crippen LogP contribution in [0.25, 0.3) is 44.5 Å². The lowest BCUT2D eigenvalue weighted by molar-refractivity contribution is 0.596. The predicted molar refractivity (Wildman–Crippen MR) is 191 cm³/mol. The third kappa shape index (κ3) is 6.50. The fourth-order valence-corrected chi connectivity index (χ4v) is 8.31. The molecule has 0 saturated carbocycles. The summed E-state index contributed by atoms with van der Waals surface area (Å²) < 4.78 is 42.8. The zero-order valence-electron chi connectivity index (χ0n) is 25.4. The molecule has 228 valence electrons. The van der Waals surface area contributed by atoms with Gasteiger partial charge in [0.15, 0.2) is 0 Å². The van der Waals surface area contributed by atoms with Crippen LogP contribution in [-0.2, 0) is 20.6 Å². The van der Waals surface area contributed by atoms with Gasteiger partial charge in [0.1, 0.15) is 0 Å². The van der Waals surface area contributed by atoms with Crippen molar-refractivity contribution in [1.29, 1.82) is 0 Å². The zero-order valence-corrected chi connectivity index (χ0v) is 27.0. The third-order valence-electron chi connectivity index (χ3n) is 8.10. The van der Waals surface area contributed by atoms with Crippen LogP contribution in [0.2, 0.25) is 0 Å². The van der Waals surface area contributed by atoms with Crippen molar-refractivity contribution in [2.45, 2.75) is 19.6 Å². The Morgan fingerprint density at radius 2 is 0.702 bits per heavy atom. The van der Waals surface area contributed by atoms with Crippen molar-refractivity contribution in [3.63, 3.8) is 0 Å². The largest absolute Gasteiger partial charge is 0.249 e. The van der Waals surface area contributed by atoms with Crippen LogP contribution in [-0.4, -0.2) is 12.6 Å². The molecule has 3 nitrogen and oxygen atoms in total. The third-order valence-corrected chi connectivity index (χ3v) is 11.2. The van der Waals surface area contributed by atoms with Crippen molar-refractivity contribution in [2.24, 2.45) is 0 Å². The molecule has 1 unspecified atom stereocenters. The van der Waals surface area contributed by atoms with Gasteiger partial charge >= 0.3 is 0 Å². The zero-order chi connectivity index (χ0) is 32.2. The van der Waals surface area contributed by atoms with Gasteiger partial charge in [-0.15, -0.1) is 0 Å². The van der Waals surface area contributed by atoms with Crippen molar-refractivity contribution < 1.29 is 12.6 Å². The van der Waals surface area contributed by atoms with Gasteiger partial charge in [-0.25, -0.2) is 12.6 Å². The maximum atomic E-state index is 14.3. The lowest BCUT2D eigenvalue weighted by atomic mass is 9.99.